The lowest BCUT2D eigenvalue weighted by Crippen LogP contribution is -1.87. The Morgan fingerprint density at radius 1 is 1.73 bits per heavy atom. The number of imidazole rings is 1. The van der Waals surface area contributed by atoms with Crippen molar-refractivity contribution in [3.63, 3.8) is 0 Å². The molecule has 3 heteroatoms. The summed E-state index contributed by atoms with van der Waals surface area (Å²) in [6, 6.07) is 0.739. The summed E-state index contributed by atoms with van der Waals surface area (Å²) in [6.07, 6.45) is 6.66. The van der Waals surface area contributed by atoms with E-state index in [1.54, 1.807) is 0 Å². The fraction of sp³-hybridized carbons (Fsp3) is 0.625. The minimum atomic E-state index is 0.259. The van der Waals surface area contributed by atoms with Gasteiger partial charge in [-0.05, 0) is 19.8 Å². The van der Waals surface area contributed by atoms with Gasteiger partial charge in [0, 0.05) is 17.5 Å². The van der Waals surface area contributed by atoms with Crippen LogP contribution in [0, 0.1) is 0 Å². The van der Waals surface area contributed by atoms with Crippen molar-refractivity contribution in [2.75, 3.05) is 0 Å². The van der Waals surface area contributed by atoms with Crippen LogP contribution < -0.4 is 0 Å². The summed E-state index contributed by atoms with van der Waals surface area (Å²) < 4.78 is 2.20. The second-order valence-corrected chi connectivity index (χ2v) is 3.93. The molecule has 0 N–H and O–H groups in total. The molecule has 1 aliphatic carbocycles. The highest BCUT2D eigenvalue weighted by Crippen LogP contribution is 2.35. The first-order chi connectivity index (χ1) is 5.27. The quantitative estimate of drug-likeness (QED) is 0.670. The lowest BCUT2D eigenvalue weighted by molar-refractivity contribution is 0.739. The molecule has 2 rings (SSSR count). The van der Waals surface area contributed by atoms with Gasteiger partial charge in [0.1, 0.15) is 0 Å². The fourth-order valence-electron chi connectivity index (χ4n) is 1.14. The number of aromatic nitrogens is 2. The highest BCUT2D eigenvalue weighted by Gasteiger charge is 2.23. The van der Waals surface area contributed by atoms with Crippen molar-refractivity contribution in [1.82, 2.24) is 9.55 Å². The van der Waals surface area contributed by atoms with Crippen molar-refractivity contribution in [2.24, 2.45) is 0 Å². The van der Waals surface area contributed by atoms with Gasteiger partial charge < -0.3 is 4.57 Å². The normalized spacial score (nSPS) is 20.2. The van der Waals surface area contributed by atoms with Crippen LogP contribution in [0.1, 0.15) is 36.8 Å². The number of hydrogen-bond donors (Lipinski definition) is 1. The largest absolute Gasteiger partial charge is 0.334 e. The van der Waals surface area contributed by atoms with E-state index in [4.69, 9.17) is 0 Å². The van der Waals surface area contributed by atoms with E-state index in [0.717, 1.165) is 11.7 Å². The molecule has 1 atom stereocenters. The first kappa shape index (κ1) is 7.22. The van der Waals surface area contributed by atoms with Gasteiger partial charge in [0.05, 0.1) is 12.0 Å². The Morgan fingerprint density at radius 2 is 2.45 bits per heavy atom. The SMILES string of the molecule is CC(S)c1cn(C2CC2)cn1. The Kier molecular flexibility index (Phi) is 1.68. The van der Waals surface area contributed by atoms with Crippen LogP contribution in [0.5, 0.6) is 0 Å². The molecule has 1 fully saturated rings. The van der Waals surface area contributed by atoms with Crippen molar-refractivity contribution in [3.8, 4) is 0 Å². The third-order valence-corrected chi connectivity index (χ3v) is 2.28. The second-order valence-electron chi connectivity index (χ2n) is 3.15. The molecule has 1 unspecified atom stereocenters. The van der Waals surface area contributed by atoms with Gasteiger partial charge in [-0.25, -0.2) is 4.98 Å². The van der Waals surface area contributed by atoms with E-state index in [0.29, 0.717) is 0 Å². The van der Waals surface area contributed by atoms with Crippen molar-refractivity contribution >= 4 is 12.6 Å². The molecule has 1 saturated carbocycles. The summed E-state index contributed by atoms with van der Waals surface area (Å²) in [6.45, 7) is 2.04. The third kappa shape index (κ3) is 1.43. The Labute approximate surface area is 72.0 Å². The first-order valence-electron chi connectivity index (χ1n) is 3.99. The van der Waals surface area contributed by atoms with Crippen LogP contribution in [0.2, 0.25) is 0 Å². The topological polar surface area (TPSA) is 17.8 Å². The minimum absolute atomic E-state index is 0.259. The molecular weight excluding hydrogens is 156 g/mol. The van der Waals surface area contributed by atoms with Crippen LogP contribution in [0.25, 0.3) is 0 Å². The number of hydrogen-bond acceptors (Lipinski definition) is 2. The smallest absolute Gasteiger partial charge is 0.0952 e. The van der Waals surface area contributed by atoms with Gasteiger partial charge in [-0.1, -0.05) is 0 Å². The minimum Gasteiger partial charge on any atom is -0.334 e. The maximum absolute atomic E-state index is 4.31. The molecule has 0 bridgehead atoms. The van der Waals surface area contributed by atoms with Crippen LogP contribution >= 0.6 is 12.6 Å². The lowest BCUT2D eigenvalue weighted by atomic mass is 10.4. The summed E-state index contributed by atoms with van der Waals surface area (Å²) in [4.78, 5) is 4.26. The molecule has 60 valence electrons. The van der Waals surface area contributed by atoms with E-state index in [2.05, 4.69) is 28.4 Å². The predicted octanol–water partition coefficient (Wildman–Crippen LogP) is 2.21. The van der Waals surface area contributed by atoms with E-state index in [1.807, 2.05) is 13.3 Å². The molecule has 0 amide bonds. The van der Waals surface area contributed by atoms with Gasteiger partial charge in [-0.3, -0.25) is 0 Å². The summed E-state index contributed by atoms with van der Waals surface area (Å²) in [5.74, 6) is 0. The molecule has 0 radical (unpaired) electrons. The van der Waals surface area contributed by atoms with Crippen LogP contribution in [0.15, 0.2) is 12.5 Å². The summed E-state index contributed by atoms with van der Waals surface area (Å²) in [7, 11) is 0. The summed E-state index contributed by atoms with van der Waals surface area (Å²) in [5, 5.41) is 0.259. The van der Waals surface area contributed by atoms with Crippen LogP contribution in [0.3, 0.4) is 0 Å². The number of thiol groups is 1. The molecule has 1 aromatic heterocycles. The predicted molar refractivity (Wildman–Crippen MR) is 47.9 cm³/mol. The number of rotatable bonds is 2. The monoisotopic (exact) mass is 168 g/mol. The maximum atomic E-state index is 4.31. The molecule has 1 aromatic rings. The highest BCUT2D eigenvalue weighted by atomic mass is 32.1. The average Bonchev–Trinajstić information content (AvgIpc) is 2.68. The van der Waals surface area contributed by atoms with Crippen LogP contribution in [-0.4, -0.2) is 9.55 Å². The first-order valence-corrected chi connectivity index (χ1v) is 4.50. The van der Waals surface area contributed by atoms with Gasteiger partial charge in [0.2, 0.25) is 0 Å². The van der Waals surface area contributed by atoms with E-state index in [1.165, 1.54) is 12.8 Å². The molecule has 1 aliphatic rings. The van der Waals surface area contributed by atoms with Gasteiger partial charge >= 0.3 is 0 Å². The maximum Gasteiger partial charge on any atom is 0.0952 e. The van der Waals surface area contributed by atoms with E-state index < -0.39 is 0 Å². The molecule has 0 saturated heterocycles. The van der Waals surface area contributed by atoms with Crippen molar-refractivity contribution in [2.45, 2.75) is 31.1 Å². The van der Waals surface area contributed by atoms with Gasteiger partial charge in [0.25, 0.3) is 0 Å². The van der Waals surface area contributed by atoms with Gasteiger partial charge in [-0.2, -0.15) is 12.6 Å². The van der Waals surface area contributed by atoms with Crippen molar-refractivity contribution in [3.05, 3.63) is 18.2 Å². The van der Waals surface area contributed by atoms with Gasteiger partial charge in [0.15, 0.2) is 0 Å². The molecule has 11 heavy (non-hydrogen) atoms. The summed E-state index contributed by atoms with van der Waals surface area (Å²) >= 11 is 4.31. The van der Waals surface area contributed by atoms with E-state index in [9.17, 15) is 0 Å². The Balaban J connectivity index is 2.18. The zero-order chi connectivity index (χ0) is 7.84. The lowest BCUT2D eigenvalue weighted by Gasteiger charge is -1.96. The van der Waals surface area contributed by atoms with E-state index >= 15 is 0 Å². The molecule has 2 nitrogen and oxygen atoms in total. The van der Waals surface area contributed by atoms with Gasteiger partial charge in [-0.15, -0.1) is 0 Å². The molecule has 0 aromatic carbocycles. The highest BCUT2D eigenvalue weighted by molar-refractivity contribution is 7.80. The Morgan fingerprint density at radius 3 is 2.91 bits per heavy atom. The molecular formula is C8H12N2S. The van der Waals surface area contributed by atoms with Crippen LogP contribution in [-0.2, 0) is 0 Å². The molecule has 0 aliphatic heterocycles. The molecule has 1 heterocycles. The van der Waals surface area contributed by atoms with Crippen LogP contribution in [0.4, 0.5) is 0 Å². The van der Waals surface area contributed by atoms with Crippen molar-refractivity contribution < 1.29 is 0 Å². The Hall–Kier alpha value is -0.440. The summed E-state index contributed by atoms with van der Waals surface area (Å²) in [5.41, 5.74) is 1.08. The third-order valence-electron chi connectivity index (χ3n) is 2.02. The zero-order valence-electron chi connectivity index (χ0n) is 6.57. The zero-order valence-corrected chi connectivity index (χ0v) is 7.46. The standard InChI is InChI=1S/C8H12N2S/c1-6(11)8-4-10(5-9-8)7-2-3-7/h4-7,11H,2-3H2,1H3. The number of nitrogens with zero attached hydrogens (tertiary/aromatic N) is 2. The average molecular weight is 168 g/mol. The Bertz CT molecular complexity index is 234. The molecule has 0 spiro atoms. The van der Waals surface area contributed by atoms with E-state index in [-0.39, 0.29) is 5.25 Å². The second kappa shape index (κ2) is 2.55. The van der Waals surface area contributed by atoms with Crippen molar-refractivity contribution in [1.29, 1.82) is 0 Å². The fourth-order valence-corrected chi connectivity index (χ4v) is 1.27.